The van der Waals surface area contributed by atoms with Crippen molar-refractivity contribution in [1.82, 2.24) is 9.97 Å². The predicted octanol–water partition coefficient (Wildman–Crippen LogP) is 2.34. The summed E-state index contributed by atoms with van der Waals surface area (Å²) in [5.74, 6) is 0.919. The van der Waals surface area contributed by atoms with Crippen LogP contribution in [0, 0.1) is 0 Å². The normalized spacial score (nSPS) is 11.7. The molecule has 0 saturated heterocycles. The maximum atomic E-state index is 4.25. The second-order valence-electron chi connectivity index (χ2n) is 3.99. The minimum Gasteiger partial charge on any atom is -0.241 e. The summed E-state index contributed by atoms with van der Waals surface area (Å²) in [7, 11) is 0. The monoisotopic (exact) mass is 164 g/mol. The smallest absolute Gasteiger partial charge is 0.127 e. The Morgan fingerprint density at radius 1 is 1.17 bits per heavy atom. The average molecular weight is 164 g/mol. The number of nitrogens with zero attached hydrogens (tertiary/aromatic N) is 2. The van der Waals surface area contributed by atoms with E-state index in [0.717, 1.165) is 12.2 Å². The predicted molar refractivity (Wildman–Crippen MR) is 50.1 cm³/mol. The highest BCUT2D eigenvalue weighted by atomic mass is 14.9. The van der Waals surface area contributed by atoms with Gasteiger partial charge in [0.15, 0.2) is 0 Å². The van der Waals surface area contributed by atoms with Gasteiger partial charge in [-0.25, -0.2) is 9.97 Å². The van der Waals surface area contributed by atoms with Gasteiger partial charge in [0.05, 0.1) is 0 Å². The van der Waals surface area contributed by atoms with Crippen LogP contribution in [0.15, 0.2) is 12.4 Å². The van der Waals surface area contributed by atoms with Crippen molar-refractivity contribution < 1.29 is 0 Å². The molecule has 66 valence electrons. The molecular weight excluding hydrogens is 148 g/mol. The Kier molecular flexibility index (Phi) is 2.46. The van der Waals surface area contributed by atoms with Crippen LogP contribution in [-0.2, 0) is 11.8 Å². The fourth-order valence-electron chi connectivity index (χ4n) is 0.925. The molecule has 0 spiro atoms. The minimum atomic E-state index is 0.159. The molecule has 0 aliphatic carbocycles. The van der Waals surface area contributed by atoms with E-state index in [2.05, 4.69) is 37.7 Å². The highest BCUT2D eigenvalue weighted by Gasteiger charge is 2.13. The molecule has 0 bridgehead atoms. The third kappa shape index (κ3) is 2.03. The van der Waals surface area contributed by atoms with Crippen molar-refractivity contribution in [2.24, 2.45) is 0 Å². The van der Waals surface area contributed by atoms with Gasteiger partial charge in [0.25, 0.3) is 0 Å². The molecule has 1 heterocycles. The first-order valence-corrected chi connectivity index (χ1v) is 4.35. The third-order valence-electron chi connectivity index (χ3n) is 1.89. The van der Waals surface area contributed by atoms with Crippen molar-refractivity contribution in [3.63, 3.8) is 0 Å². The summed E-state index contributed by atoms with van der Waals surface area (Å²) in [6, 6.07) is 0. The molecular formula is C10H16N2. The number of aryl methyl sites for hydroxylation is 1. The Morgan fingerprint density at radius 3 is 2.00 bits per heavy atom. The molecule has 0 amide bonds. The van der Waals surface area contributed by atoms with Crippen molar-refractivity contribution in [1.29, 1.82) is 0 Å². The number of hydrogen-bond donors (Lipinski definition) is 0. The molecule has 0 saturated carbocycles. The van der Waals surface area contributed by atoms with E-state index in [4.69, 9.17) is 0 Å². The first-order chi connectivity index (χ1) is 5.54. The number of hydrogen-bond acceptors (Lipinski definition) is 2. The average Bonchev–Trinajstić information content (AvgIpc) is 2.03. The quantitative estimate of drug-likeness (QED) is 0.636. The van der Waals surface area contributed by atoms with E-state index >= 15 is 0 Å². The van der Waals surface area contributed by atoms with Gasteiger partial charge in [0.1, 0.15) is 5.82 Å². The third-order valence-corrected chi connectivity index (χ3v) is 1.89. The molecule has 0 aliphatic rings. The first kappa shape index (κ1) is 9.17. The lowest BCUT2D eigenvalue weighted by molar-refractivity contribution is 0.582. The van der Waals surface area contributed by atoms with Crippen LogP contribution in [0.1, 0.15) is 39.1 Å². The van der Waals surface area contributed by atoms with Crippen molar-refractivity contribution in [3.8, 4) is 0 Å². The van der Waals surface area contributed by atoms with Gasteiger partial charge in [-0.1, -0.05) is 27.7 Å². The fourth-order valence-corrected chi connectivity index (χ4v) is 0.925. The molecule has 2 heteroatoms. The molecule has 0 fully saturated rings. The van der Waals surface area contributed by atoms with Crippen molar-refractivity contribution in [2.45, 2.75) is 39.5 Å². The number of rotatable bonds is 1. The highest BCUT2D eigenvalue weighted by molar-refractivity contribution is 5.15. The molecule has 2 nitrogen and oxygen atoms in total. The van der Waals surface area contributed by atoms with Crippen molar-refractivity contribution in [2.75, 3.05) is 0 Å². The highest BCUT2D eigenvalue weighted by Crippen LogP contribution is 2.19. The summed E-state index contributed by atoms with van der Waals surface area (Å²) in [5, 5.41) is 0. The van der Waals surface area contributed by atoms with Gasteiger partial charge in [-0.3, -0.25) is 0 Å². The second kappa shape index (κ2) is 3.21. The van der Waals surface area contributed by atoms with Crippen LogP contribution in [-0.4, -0.2) is 9.97 Å². The van der Waals surface area contributed by atoms with Gasteiger partial charge in [-0.05, 0) is 11.0 Å². The second-order valence-corrected chi connectivity index (χ2v) is 3.99. The standard InChI is InChI=1S/C10H16N2/c1-5-9-11-6-8(7-12-9)10(2,3)4/h6-7H,5H2,1-4H3. The van der Waals surface area contributed by atoms with Gasteiger partial charge in [0.2, 0.25) is 0 Å². The van der Waals surface area contributed by atoms with Crippen molar-refractivity contribution in [3.05, 3.63) is 23.8 Å². The summed E-state index contributed by atoms with van der Waals surface area (Å²) < 4.78 is 0. The van der Waals surface area contributed by atoms with Gasteiger partial charge >= 0.3 is 0 Å². The summed E-state index contributed by atoms with van der Waals surface area (Å²) in [5.41, 5.74) is 1.35. The molecule has 0 aliphatic heterocycles. The van der Waals surface area contributed by atoms with Gasteiger partial charge < -0.3 is 0 Å². The van der Waals surface area contributed by atoms with Gasteiger partial charge in [-0.15, -0.1) is 0 Å². The SMILES string of the molecule is CCc1ncc(C(C)(C)C)cn1. The van der Waals surface area contributed by atoms with E-state index in [9.17, 15) is 0 Å². The van der Waals surface area contributed by atoms with E-state index in [1.54, 1.807) is 0 Å². The van der Waals surface area contributed by atoms with Gasteiger partial charge in [0, 0.05) is 18.8 Å². The van der Waals surface area contributed by atoms with Crippen LogP contribution >= 0.6 is 0 Å². The van der Waals surface area contributed by atoms with Crippen LogP contribution in [0.2, 0.25) is 0 Å². The maximum Gasteiger partial charge on any atom is 0.127 e. The van der Waals surface area contributed by atoms with Crippen LogP contribution in [0.5, 0.6) is 0 Å². The zero-order valence-corrected chi connectivity index (χ0v) is 8.26. The van der Waals surface area contributed by atoms with E-state index < -0.39 is 0 Å². The van der Waals surface area contributed by atoms with E-state index in [1.807, 2.05) is 12.4 Å². The first-order valence-electron chi connectivity index (χ1n) is 4.35. The Hall–Kier alpha value is -0.920. The molecule has 0 unspecified atom stereocenters. The lowest BCUT2D eigenvalue weighted by atomic mass is 9.89. The Bertz CT molecular complexity index is 244. The van der Waals surface area contributed by atoms with E-state index in [1.165, 1.54) is 5.56 Å². The molecule has 12 heavy (non-hydrogen) atoms. The summed E-state index contributed by atoms with van der Waals surface area (Å²) >= 11 is 0. The molecule has 1 rings (SSSR count). The molecule has 1 aromatic rings. The largest absolute Gasteiger partial charge is 0.241 e. The minimum absolute atomic E-state index is 0.159. The maximum absolute atomic E-state index is 4.25. The zero-order valence-electron chi connectivity index (χ0n) is 8.26. The van der Waals surface area contributed by atoms with Crippen LogP contribution < -0.4 is 0 Å². The van der Waals surface area contributed by atoms with Crippen LogP contribution in [0.25, 0.3) is 0 Å². The molecule has 1 aromatic heterocycles. The van der Waals surface area contributed by atoms with Crippen molar-refractivity contribution >= 4 is 0 Å². The molecule has 0 aromatic carbocycles. The lowest BCUT2D eigenvalue weighted by Crippen LogP contribution is -2.12. The zero-order chi connectivity index (χ0) is 9.19. The van der Waals surface area contributed by atoms with E-state index in [-0.39, 0.29) is 5.41 Å². The van der Waals surface area contributed by atoms with Gasteiger partial charge in [-0.2, -0.15) is 0 Å². The topological polar surface area (TPSA) is 25.8 Å². The van der Waals surface area contributed by atoms with Crippen LogP contribution in [0.3, 0.4) is 0 Å². The fraction of sp³-hybridized carbons (Fsp3) is 0.600. The Morgan fingerprint density at radius 2 is 1.67 bits per heavy atom. The summed E-state index contributed by atoms with van der Waals surface area (Å²) in [6.45, 7) is 8.55. The summed E-state index contributed by atoms with van der Waals surface area (Å²) in [6.07, 6.45) is 4.75. The lowest BCUT2D eigenvalue weighted by Gasteiger charge is -2.17. The Balaban J connectivity index is 2.93. The van der Waals surface area contributed by atoms with E-state index in [0.29, 0.717) is 0 Å². The van der Waals surface area contributed by atoms with Crippen LogP contribution in [0.4, 0.5) is 0 Å². The number of aromatic nitrogens is 2. The molecule has 0 radical (unpaired) electrons. The Labute approximate surface area is 74.1 Å². The summed E-state index contributed by atoms with van der Waals surface area (Å²) in [4.78, 5) is 8.51. The molecule has 0 N–H and O–H groups in total. The molecule has 0 atom stereocenters.